The molecule has 1 aromatic heterocycles. The lowest BCUT2D eigenvalue weighted by molar-refractivity contribution is 0.322. The molecule has 4 heteroatoms. The minimum atomic E-state index is -0.117. The Balaban J connectivity index is 1.97. The zero-order chi connectivity index (χ0) is 11.9. The van der Waals surface area contributed by atoms with Gasteiger partial charge in [0.1, 0.15) is 11.4 Å². The zero-order valence-electron chi connectivity index (χ0n) is 10.5. The van der Waals surface area contributed by atoms with Crippen LogP contribution in [0.1, 0.15) is 42.8 Å². The third kappa shape index (κ3) is 2.07. The van der Waals surface area contributed by atoms with Gasteiger partial charge in [-0.25, -0.2) is 9.97 Å². The Labute approximate surface area is 102 Å². The van der Waals surface area contributed by atoms with Gasteiger partial charge in [0.2, 0.25) is 0 Å². The van der Waals surface area contributed by atoms with Crippen molar-refractivity contribution in [2.75, 3.05) is 19.7 Å². The van der Waals surface area contributed by atoms with Gasteiger partial charge in [-0.05, 0) is 39.8 Å². The first-order valence-electron chi connectivity index (χ1n) is 6.38. The molecule has 0 saturated carbocycles. The molecule has 0 amide bonds. The molecule has 0 aliphatic carbocycles. The number of hydrogen-bond acceptors (Lipinski definition) is 4. The minimum absolute atomic E-state index is 0.117. The predicted octanol–water partition coefficient (Wildman–Crippen LogP) is 1.50. The van der Waals surface area contributed by atoms with Crippen molar-refractivity contribution in [3.05, 3.63) is 23.3 Å². The lowest BCUT2D eigenvalue weighted by atomic mass is 9.88. The summed E-state index contributed by atoms with van der Waals surface area (Å²) in [5, 5.41) is 3.40. The Kier molecular flexibility index (Phi) is 2.64. The highest BCUT2D eigenvalue weighted by Gasteiger charge is 2.44. The van der Waals surface area contributed by atoms with Crippen molar-refractivity contribution in [2.24, 2.45) is 0 Å². The normalized spacial score (nSPS) is 29.3. The minimum Gasteiger partial charge on any atom is -0.365 e. The summed E-state index contributed by atoms with van der Waals surface area (Å²) in [5.41, 5.74) is 2.31. The highest BCUT2D eigenvalue weighted by molar-refractivity contribution is 5.31. The summed E-state index contributed by atoms with van der Waals surface area (Å²) in [6.07, 6.45) is 4.30. The Hall–Kier alpha value is -1.00. The van der Waals surface area contributed by atoms with Gasteiger partial charge in [-0.1, -0.05) is 0 Å². The average Bonchev–Trinajstić information content (AvgIpc) is 3.09. The highest BCUT2D eigenvalue weighted by atomic mass is 16.6. The number of hydrogen-bond donors (Lipinski definition) is 1. The van der Waals surface area contributed by atoms with Crippen LogP contribution in [0.2, 0.25) is 0 Å². The first-order chi connectivity index (χ1) is 8.19. The van der Waals surface area contributed by atoms with Crippen LogP contribution in [0.4, 0.5) is 0 Å². The maximum atomic E-state index is 5.56. The summed E-state index contributed by atoms with van der Waals surface area (Å²) < 4.78 is 5.56. The summed E-state index contributed by atoms with van der Waals surface area (Å²) in [5.74, 6) is 1.43. The fourth-order valence-electron chi connectivity index (χ4n) is 2.57. The molecule has 2 saturated heterocycles. The first-order valence-corrected chi connectivity index (χ1v) is 6.38. The molecule has 4 nitrogen and oxygen atoms in total. The molecule has 0 aromatic carbocycles. The third-order valence-electron chi connectivity index (χ3n) is 3.81. The maximum Gasteiger partial charge on any atom is 0.125 e. The largest absolute Gasteiger partial charge is 0.365 e. The van der Waals surface area contributed by atoms with Crippen LogP contribution >= 0.6 is 0 Å². The number of nitrogens with zero attached hydrogens (tertiary/aromatic N) is 2. The quantitative estimate of drug-likeness (QED) is 0.786. The molecule has 0 spiro atoms. The molecule has 1 aromatic rings. The summed E-state index contributed by atoms with van der Waals surface area (Å²) >= 11 is 0. The second-order valence-electron chi connectivity index (χ2n) is 5.26. The van der Waals surface area contributed by atoms with Crippen molar-refractivity contribution >= 4 is 0 Å². The summed E-state index contributed by atoms with van der Waals surface area (Å²) in [6, 6.07) is 0. The molecule has 2 aliphatic heterocycles. The number of nitrogens with one attached hydrogen (secondary N) is 1. The average molecular weight is 233 g/mol. The Morgan fingerprint density at radius 3 is 2.76 bits per heavy atom. The van der Waals surface area contributed by atoms with E-state index in [4.69, 9.17) is 4.74 Å². The van der Waals surface area contributed by atoms with E-state index < -0.39 is 0 Å². The molecule has 1 unspecified atom stereocenters. The standard InChI is InChI=1S/C13H19N3O/c1-9-15-7-11(13(2)8-17-13)12(16-9)10-3-5-14-6-4-10/h7,10,14H,3-6,8H2,1-2H3. The van der Waals surface area contributed by atoms with Gasteiger partial charge in [-0.3, -0.25) is 0 Å². The molecule has 17 heavy (non-hydrogen) atoms. The van der Waals surface area contributed by atoms with Gasteiger partial charge in [0.05, 0.1) is 12.3 Å². The lowest BCUT2D eigenvalue weighted by Crippen LogP contribution is -2.28. The van der Waals surface area contributed by atoms with Gasteiger partial charge in [-0.15, -0.1) is 0 Å². The van der Waals surface area contributed by atoms with Gasteiger partial charge >= 0.3 is 0 Å². The number of epoxide rings is 1. The highest BCUT2D eigenvalue weighted by Crippen LogP contribution is 2.42. The van der Waals surface area contributed by atoms with Gasteiger partial charge in [0.25, 0.3) is 0 Å². The first kappa shape index (κ1) is 11.1. The molecule has 1 atom stereocenters. The third-order valence-corrected chi connectivity index (χ3v) is 3.81. The van der Waals surface area contributed by atoms with E-state index >= 15 is 0 Å². The van der Waals surface area contributed by atoms with E-state index in [2.05, 4.69) is 22.2 Å². The predicted molar refractivity (Wildman–Crippen MR) is 64.9 cm³/mol. The summed E-state index contributed by atoms with van der Waals surface area (Å²) in [6.45, 7) is 7.07. The molecule has 1 N–H and O–H groups in total. The van der Waals surface area contributed by atoms with E-state index in [9.17, 15) is 0 Å². The van der Waals surface area contributed by atoms with E-state index in [-0.39, 0.29) is 5.60 Å². The van der Waals surface area contributed by atoms with Gasteiger partial charge in [-0.2, -0.15) is 0 Å². The topological polar surface area (TPSA) is 50.3 Å². The van der Waals surface area contributed by atoms with Crippen LogP contribution in [0.15, 0.2) is 6.20 Å². The molecule has 0 bridgehead atoms. The Bertz CT molecular complexity index is 423. The number of aromatic nitrogens is 2. The van der Waals surface area contributed by atoms with Crippen LogP contribution in [-0.4, -0.2) is 29.7 Å². The zero-order valence-corrected chi connectivity index (χ0v) is 10.5. The maximum absolute atomic E-state index is 5.56. The van der Waals surface area contributed by atoms with Crippen LogP contribution in [-0.2, 0) is 10.3 Å². The number of rotatable bonds is 2. The number of aryl methyl sites for hydroxylation is 1. The second kappa shape index (κ2) is 4.03. The fraction of sp³-hybridized carbons (Fsp3) is 0.692. The van der Waals surface area contributed by atoms with E-state index in [1.807, 2.05) is 13.1 Å². The van der Waals surface area contributed by atoms with Crippen molar-refractivity contribution in [3.8, 4) is 0 Å². The van der Waals surface area contributed by atoms with Gasteiger partial charge in [0.15, 0.2) is 0 Å². The van der Waals surface area contributed by atoms with E-state index in [0.29, 0.717) is 5.92 Å². The smallest absolute Gasteiger partial charge is 0.125 e. The van der Waals surface area contributed by atoms with Crippen LogP contribution < -0.4 is 5.32 Å². The molecule has 3 rings (SSSR count). The van der Waals surface area contributed by atoms with Crippen molar-refractivity contribution in [1.29, 1.82) is 0 Å². The second-order valence-corrected chi connectivity index (χ2v) is 5.26. The van der Waals surface area contributed by atoms with Crippen molar-refractivity contribution in [1.82, 2.24) is 15.3 Å². The molecule has 92 valence electrons. The molecular formula is C13H19N3O. The number of piperidine rings is 1. The monoisotopic (exact) mass is 233 g/mol. The SMILES string of the molecule is Cc1ncc(C2(C)CO2)c(C2CCNCC2)n1. The summed E-state index contributed by atoms with van der Waals surface area (Å²) in [7, 11) is 0. The Morgan fingerprint density at radius 2 is 2.12 bits per heavy atom. The van der Waals surface area contributed by atoms with E-state index in [0.717, 1.165) is 25.5 Å². The fourth-order valence-corrected chi connectivity index (χ4v) is 2.57. The molecule has 3 heterocycles. The van der Waals surface area contributed by atoms with Crippen LogP contribution in [0.5, 0.6) is 0 Å². The molecule has 0 radical (unpaired) electrons. The van der Waals surface area contributed by atoms with Crippen molar-refractivity contribution < 1.29 is 4.74 Å². The van der Waals surface area contributed by atoms with Crippen LogP contribution in [0, 0.1) is 6.92 Å². The Morgan fingerprint density at radius 1 is 1.41 bits per heavy atom. The van der Waals surface area contributed by atoms with E-state index in [1.54, 1.807) is 0 Å². The summed E-state index contributed by atoms with van der Waals surface area (Å²) in [4.78, 5) is 9.02. The molecular weight excluding hydrogens is 214 g/mol. The molecule has 2 aliphatic rings. The van der Waals surface area contributed by atoms with Crippen LogP contribution in [0.3, 0.4) is 0 Å². The van der Waals surface area contributed by atoms with Gasteiger partial charge in [0, 0.05) is 17.7 Å². The number of ether oxygens (including phenoxy) is 1. The van der Waals surface area contributed by atoms with Gasteiger partial charge < -0.3 is 10.1 Å². The van der Waals surface area contributed by atoms with Crippen molar-refractivity contribution in [2.45, 2.75) is 38.2 Å². The van der Waals surface area contributed by atoms with Crippen molar-refractivity contribution in [3.63, 3.8) is 0 Å². The molecule has 2 fully saturated rings. The van der Waals surface area contributed by atoms with Crippen LogP contribution in [0.25, 0.3) is 0 Å². The lowest BCUT2D eigenvalue weighted by Gasteiger charge is -2.25. The van der Waals surface area contributed by atoms with E-state index in [1.165, 1.54) is 24.1 Å².